The van der Waals surface area contributed by atoms with Crippen molar-refractivity contribution in [3.05, 3.63) is 65.2 Å². The van der Waals surface area contributed by atoms with E-state index in [0.717, 1.165) is 18.7 Å². The number of hydrogen-bond donors (Lipinski definition) is 1. The lowest BCUT2D eigenvalue weighted by Gasteiger charge is -2.21. The maximum Gasteiger partial charge on any atom is 0.0418 e. The molecule has 0 heterocycles. The van der Waals surface area contributed by atoms with Crippen LogP contribution in [0.15, 0.2) is 53.4 Å². The van der Waals surface area contributed by atoms with E-state index in [1.54, 1.807) is 0 Å². The summed E-state index contributed by atoms with van der Waals surface area (Å²) in [6.45, 7) is 7.71. The molecular weight excluding hydrogens is 274 g/mol. The van der Waals surface area contributed by atoms with Gasteiger partial charge in [-0.1, -0.05) is 43.3 Å². The molecule has 1 atom stereocenters. The minimum atomic E-state index is 0.412. The average Bonchev–Trinajstić information content (AvgIpc) is 2.52. The van der Waals surface area contributed by atoms with Crippen molar-refractivity contribution in [3.8, 4) is 0 Å². The minimum Gasteiger partial charge on any atom is -0.309 e. The Morgan fingerprint density at radius 3 is 2.48 bits per heavy atom. The number of rotatable bonds is 7. The zero-order valence-electron chi connectivity index (χ0n) is 13.2. The Morgan fingerprint density at radius 1 is 1.00 bits per heavy atom. The van der Waals surface area contributed by atoms with Crippen LogP contribution < -0.4 is 5.32 Å². The van der Waals surface area contributed by atoms with E-state index in [9.17, 15) is 0 Å². The van der Waals surface area contributed by atoms with Crippen LogP contribution >= 0.6 is 11.8 Å². The largest absolute Gasteiger partial charge is 0.309 e. The first-order chi connectivity index (χ1) is 10.2. The van der Waals surface area contributed by atoms with Crippen molar-refractivity contribution in [2.45, 2.75) is 38.1 Å². The molecule has 0 saturated heterocycles. The molecule has 2 aromatic carbocycles. The highest BCUT2D eigenvalue weighted by molar-refractivity contribution is 7.99. The van der Waals surface area contributed by atoms with Crippen molar-refractivity contribution in [1.82, 2.24) is 5.32 Å². The molecule has 0 aliphatic carbocycles. The van der Waals surface area contributed by atoms with Crippen LogP contribution in [-0.2, 0) is 0 Å². The van der Waals surface area contributed by atoms with Crippen molar-refractivity contribution in [3.63, 3.8) is 0 Å². The fraction of sp³-hybridized carbons (Fsp3) is 0.368. The highest BCUT2D eigenvalue weighted by atomic mass is 32.2. The molecule has 0 aliphatic heterocycles. The molecule has 1 N–H and O–H groups in total. The second-order valence-electron chi connectivity index (χ2n) is 5.42. The Bertz CT molecular complexity index is 551. The summed E-state index contributed by atoms with van der Waals surface area (Å²) in [7, 11) is 0. The van der Waals surface area contributed by atoms with Crippen LogP contribution in [0.4, 0.5) is 0 Å². The Kier molecular flexibility index (Phi) is 6.34. The van der Waals surface area contributed by atoms with Gasteiger partial charge in [-0.25, -0.2) is 0 Å². The van der Waals surface area contributed by atoms with Crippen LogP contribution in [0.2, 0.25) is 0 Å². The van der Waals surface area contributed by atoms with E-state index >= 15 is 0 Å². The smallest absolute Gasteiger partial charge is 0.0418 e. The van der Waals surface area contributed by atoms with Crippen molar-refractivity contribution < 1.29 is 0 Å². The normalized spacial score (nSPS) is 12.3. The van der Waals surface area contributed by atoms with Gasteiger partial charge in [-0.3, -0.25) is 0 Å². The molecule has 0 amide bonds. The second-order valence-corrected chi connectivity index (χ2v) is 6.51. The van der Waals surface area contributed by atoms with E-state index < -0.39 is 0 Å². The number of benzene rings is 2. The van der Waals surface area contributed by atoms with Gasteiger partial charge in [0, 0.05) is 16.7 Å². The molecule has 1 unspecified atom stereocenters. The van der Waals surface area contributed by atoms with Gasteiger partial charge in [0.1, 0.15) is 0 Å². The third-order valence-electron chi connectivity index (χ3n) is 3.82. The van der Waals surface area contributed by atoms with Crippen molar-refractivity contribution in [2.24, 2.45) is 0 Å². The molecule has 0 aliphatic rings. The molecule has 2 rings (SSSR count). The lowest BCUT2D eigenvalue weighted by atomic mass is 9.98. The van der Waals surface area contributed by atoms with Gasteiger partial charge in [-0.05, 0) is 55.6 Å². The first-order valence-electron chi connectivity index (χ1n) is 7.69. The summed E-state index contributed by atoms with van der Waals surface area (Å²) in [6, 6.07) is 17.7. The summed E-state index contributed by atoms with van der Waals surface area (Å²) in [5.41, 5.74) is 4.23. The standard InChI is InChI=1S/C19H25NS/c1-4-13-20-19(14-21-17-10-6-5-7-11-17)18-12-8-9-15(2)16(18)3/h5-12,19-20H,4,13-14H2,1-3H3. The van der Waals surface area contributed by atoms with Crippen LogP contribution in [0.25, 0.3) is 0 Å². The molecule has 112 valence electrons. The van der Waals surface area contributed by atoms with E-state index in [0.29, 0.717) is 6.04 Å². The van der Waals surface area contributed by atoms with E-state index in [1.165, 1.54) is 21.6 Å². The predicted octanol–water partition coefficient (Wildman–Crippen LogP) is 5.14. The Balaban J connectivity index is 2.12. The lowest BCUT2D eigenvalue weighted by Crippen LogP contribution is -2.25. The average molecular weight is 299 g/mol. The quantitative estimate of drug-likeness (QED) is 0.711. The molecule has 21 heavy (non-hydrogen) atoms. The van der Waals surface area contributed by atoms with E-state index in [2.05, 4.69) is 74.6 Å². The van der Waals surface area contributed by atoms with E-state index in [4.69, 9.17) is 0 Å². The fourth-order valence-electron chi connectivity index (χ4n) is 2.42. The fourth-order valence-corrected chi connectivity index (χ4v) is 3.43. The van der Waals surface area contributed by atoms with Crippen molar-refractivity contribution in [2.75, 3.05) is 12.3 Å². The number of thioether (sulfide) groups is 1. The Labute approximate surface area is 133 Å². The molecule has 1 nitrogen and oxygen atoms in total. The van der Waals surface area contributed by atoms with Crippen LogP contribution in [0.5, 0.6) is 0 Å². The molecule has 0 spiro atoms. The van der Waals surface area contributed by atoms with Gasteiger partial charge in [0.25, 0.3) is 0 Å². The summed E-state index contributed by atoms with van der Waals surface area (Å²) in [4.78, 5) is 1.34. The van der Waals surface area contributed by atoms with Crippen LogP contribution in [0, 0.1) is 13.8 Å². The second kappa shape index (κ2) is 8.26. The van der Waals surface area contributed by atoms with Gasteiger partial charge in [-0.2, -0.15) is 0 Å². The zero-order chi connectivity index (χ0) is 15.1. The van der Waals surface area contributed by atoms with E-state index in [-0.39, 0.29) is 0 Å². The number of aryl methyl sites for hydroxylation is 1. The molecule has 0 fully saturated rings. The van der Waals surface area contributed by atoms with Crippen LogP contribution in [0.1, 0.15) is 36.1 Å². The highest BCUT2D eigenvalue weighted by Crippen LogP contribution is 2.27. The van der Waals surface area contributed by atoms with Gasteiger partial charge in [0.05, 0.1) is 0 Å². The van der Waals surface area contributed by atoms with Crippen molar-refractivity contribution >= 4 is 11.8 Å². The predicted molar refractivity (Wildman–Crippen MR) is 94.1 cm³/mol. The monoisotopic (exact) mass is 299 g/mol. The molecule has 2 aromatic rings. The van der Waals surface area contributed by atoms with Gasteiger partial charge in [-0.15, -0.1) is 11.8 Å². The number of hydrogen-bond acceptors (Lipinski definition) is 2. The van der Waals surface area contributed by atoms with Crippen LogP contribution in [0.3, 0.4) is 0 Å². The molecule has 0 bridgehead atoms. The molecule has 2 heteroatoms. The molecule has 0 aromatic heterocycles. The number of nitrogens with one attached hydrogen (secondary N) is 1. The van der Waals surface area contributed by atoms with Gasteiger partial charge < -0.3 is 5.32 Å². The Hall–Kier alpha value is -1.25. The summed E-state index contributed by atoms with van der Waals surface area (Å²) in [5, 5.41) is 3.70. The lowest BCUT2D eigenvalue weighted by molar-refractivity contribution is 0.575. The van der Waals surface area contributed by atoms with Gasteiger partial charge >= 0.3 is 0 Å². The van der Waals surface area contributed by atoms with Gasteiger partial charge in [0.2, 0.25) is 0 Å². The van der Waals surface area contributed by atoms with Crippen molar-refractivity contribution in [1.29, 1.82) is 0 Å². The maximum absolute atomic E-state index is 3.70. The summed E-state index contributed by atoms with van der Waals surface area (Å²) >= 11 is 1.93. The third kappa shape index (κ3) is 4.62. The van der Waals surface area contributed by atoms with E-state index in [1.807, 2.05) is 11.8 Å². The highest BCUT2D eigenvalue weighted by Gasteiger charge is 2.14. The molecular formula is C19H25NS. The maximum atomic E-state index is 3.70. The van der Waals surface area contributed by atoms with Crippen LogP contribution in [-0.4, -0.2) is 12.3 Å². The summed E-state index contributed by atoms with van der Waals surface area (Å²) in [6.07, 6.45) is 1.16. The topological polar surface area (TPSA) is 12.0 Å². The SMILES string of the molecule is CCCNC(CSc1ccccc1)c1cccc(C)c1C. The van der Waals surface area contributed by atoms with Gasteiger partial charge in [0.15, 0.2) is 0 Å². The molecule has 0 radical (unpaired) electrons. The summed E-state index contributed by atoms with van der Waals surface area (Å²) in [5.74, 6) is 1.06. The summed E-state index contributed by atoms with van der Waals surface area (Å²) < 4.78 is 0. The first kappa shape index (κ1) is 16.1. The zero-order valence-corrected chi connectivity index (χ0v) is 14.0. The minimum absolute atomic E-state index is 0.412. The third-order valence-corrected chi connectivity index (χ3v) is 4.93. The first-order valence-corrected chi connectivity index (χ1v) is 8.68. The molecule has 0 saturated carbocycles. The Morgan fingerprint density at radius 2 is 1.76 bits per heavy atom.